The number of hydrogen-bond acceptors (Lipinski definition) is 4. The third kappa shape index (κ3) is 4.07. The fourth-order valence-corrected chi connectivity index (χ4v) is 4.82. The number of nitrogens with one attached hydrogen (secondary N) is 1. The number of anilines is 1. The number of hydrogen-bond donors (Lipinski definition) is 1. The van der Waals surface area contributed by atoms with E-state index >= 15 is 0 Å². The van der Waals surface area contributed by atoms with Crippen molar-refractivity contribution in [2.24, 2.45) is 16.3 Å². The van der Waals surface area contributed by atoms with Crippen molar-refractivity contribution < 1.29 is 9.47 Å². The van der Waals surface area contributed by atoms with Gasteiger partial charge in [0, 0.05) is 51.3 Å². The van der Waals surface area contributed by atoms with Crippen LogP contribution < -0.4 is 15.0 Å². The molecule has 3 heterocycles. The van der Waals surface area contributed by atoms with Gasteiger partial charge in [-0.25, -0.2) is 0 Å². The minimum atomic E-state index is 0.365. The summed E-state index contributed by atoms with van der Waals surface area (Å²) in [6, 6.07) is 8.31. The van der Waals surface area contributed by atoms with Gasteiger partial charge in [0.05, 0.1) is 19.4 Å². The largest absolute Gasteiger partial charge is 0.495 e. The number of nitrogens with zero attached hydrogens (tertiary/aromatic N) is 3. The Labute approximate surface area is 168 Å². The maximum Gasteiger partial charge on any atom is 0.193 e. The van der Waals surface area contributed by atoms with E-state index in [9.17, 15) is 0 Å². The van der Waals surface area contributed by atoms with Crippen molar-refractivity contribution in [1.29, 1.82) is 0 Å². The van der Waals surface area contributed by atoms with Crippen molar-refractivity contribution in [2.45, 2.75) is 26.2 Å². The second kappa shape index (κ2) is 8.60. The van der Waals surface area contributed by atoms with E-state index < -0.39 is 0 Å². The first-order chi connectivity index (χ1) is 13.7. The Morgan fingerprint density at radius 3 is 3.00 bits per heavy atom. The summed E-state index contributed by atoms with van der Waals surface area (Å²) in [4.78, 5) is 9.92. The zero-order valence-corrected chi connectivity index (χ0v) is 17.3. The van der Waals surface area contributed by atoms with Crippen LogP contribution in [0.5, 0.6) is 5.75 Å². The van der Waals surface area contributed by atoms with Crippen LogP contribution in [-0.4, -0.2) is 70.5 Å². The Hall–Kier alpha value is -1.95. The number of methoxy groups -OCH3 is 1. The number of ether oxygens (including phenoxy) is 2. The van der Waals surface area contributed by atoms with Gasteiger partial charge in [0.2, 0.25) is 0 Å². The summed E-state index contributed by atoms with van der Waals surface area (Å²) in [5.41, 5.74) is 1.57. The molecule has 28 heavy (non-hydrogen) atoms. The van der Waals surface area contributed by atoms with Crippen LogP contribution in [0.15, 0.2) is 29.3 Å². The Kier molecular flexibility index (Phi) is 5.95. The molecule has 0 bridgehead atoms. The summed E-state index contributed by atoms with van der Waals surface area (Å²) < 4.78 is 11.2. The smallest absolute Gasteiger partial charge is 0.193 e. The summed E-state index contributed by atoms with van der Waals surface area (Å²) in [6.07, 6.45) is 3.60. The molecule has 3 saturated heterocycles. The van der Waals surface area contributed by atoms with Crippen LogP contribution >= 0.6 is 0 Å². The summed E-state index contributed by atoms with van der Waals surface area (Å²) in [6.45, 7) is 10.1. The van der Waals surface area contributed by atoms with Gasteiger partial charge in [-0.15, -0.1) is 0 Å². The Balaban J connectivity index is 1.37. The SMILES string of the molecule is CCNC(=NCC1CCN(c2ccccc2OC)C1)N1CCC2(CCOC2)C1. The number of guanidine groups is 1. The lowest BCUT2D eigenvalue weighted by molar-refractivity contribution is 0.156. The molecule has 4 rings (SSSR count). The molecule has 3 aliphatic rings. The molecule has 154 valence electrons. The molecule has 1 aromatic carbocycles. The first-order valence-electron chi connectivity index (χ1n) is 10.7. The highest BCUT2D eigenvalue weighted by Crippen LogP contribution is 2.38. The zero-order chi connectivity index (χ0) is 19.4. The minimum Gasteiger partial charge on any atom is -0.495 e. The highest BCUT2D eigenvalue weighted by Gasteiger charge is 2.42. The molecule has 0 saturated carbocycles. The molecule has 0 amide bonds. The number of rotatable bonds is 5. The average Bonchev–Trinajstić information content (AvgIpc) is 3.48. The molecule has 3 aliphatic heterocycles. The molecule has 2 unspecified atom stereocenters. The van der Waals surface area contributed by atoms with Crippen LogP contribution in [0.2, 0.25) is 0 Å². The topological polar surface area (TPSA) is 49.3 Å². The van der Waals surface area contributed by atoms with E-state index in [-0.39, 0.29) is 0 Å². The number of aliphatic imine (C=N–C) groups is 1. The molecule has 6 heteroatoms. The second-order valence-corrected chi connectivity index (χ2v) is 8.44. The molecule has 6 nitrogen and oxygen atoms in total. The van der Waals surface area contributed by atoms with Gasteiger partial charge in [-0.1, -0.05) is 12.1 Å². The molecule has 0 aromatic heterocycles. The van der Waals surface area contributed by atoms with Crippen LogP contribution in [0.1, 0.15) is 26.2 Å². The van der Waals surface area contributed by atoms with E-state index in [4.69, 9.17) is 14.5 Å². The van der Waals surface area contributed by atoms with Crippen molar-refractivity contribution in [3.8, 4) is 5.75 Å². The van der Waals surface area contributed by atoms with Gasteiger partial charge in [0.1, 0.15) is 5.75 Å². The van der Waals surface area contributed by atoms with E-state index in [1.807, 2.05) is 12.1 Å². The number of likely N-dealkylation sites (tertiary alicyclic amines) is 1. The molecule has 2 atom stereocenters. The quantitative estimate of drug-likeness (QED) is 0.623. The second-order valence-electron chi connectivity index (χ2n) is 8.44. The van der Waals surface area contributed by atoms with Crippen LogP contribution in [0.25, 0.3) is 0 Å². The van der Waals surface area contributed by atoms with Crippen LogP contribution in [0.3, 0.4) is 0 Å². The van der Waals surface area contributed by atoms with E-state index in [0.717, 1.165) is 64.2 Å². The molecule has 0 radical (unpaired) electrons. The third-order valence-corrected chi connectivity index (χ3v) is 6.47. The maximum atomic E-state index is 5.68. The standard InChI is InChI=1S/C22H34N4O2/c1-3-23-21(26-12-9-22(16-26)10-13-28-17-22)24-14-18-8-11-25(15-18)19-6-4-5-7-20(19)27-2/h4-7,18H,3,8-17H2,1-2H3,(H,23,24). The van der Waals surface area contributed by atoms with Crippen molar-refractivity contribution in [3.05, 3.63) is 24.3 Å². The summed E-state index contributed by atoms with van der Waals surface area (Å²) in [7, 11) is 1.75. The number of para-hydroxylation sites is 2. The van der Waals surface area contributed by atoms with Crippen molar-refractivity contribution in [1.82, 2.24) is 10.2 Å². The molecular formula is C22H34N4O2. The van der Waals surface area contributed by atoms with Crippen molar-refractivity contribution in [3.63, 3.8) is 0 Å². The highest BCUT2D eigenvalue weighted by molar-refractivity contribution is 5.80. The Bertz CT molecular complexity index is 687. The van der Waals surface area contributed by atoms with Crippen LogP contribution in [-0.2, 0) is 4.74 Å². The zero-order valence-electron chi connectivity index (χ0n) is 17.3. The van der Waals surface area contributed by atoms with Crippen molar-refractivity contribution in [2.75, 3.05) is 64.5 Å². The minimum absolute atomic E-state index is 0.365. The van der Waals surface area contributed by atoms with E-state index in [1.54, 1.807) is 7.11 Å². The first kappa shape index (κ1) is 19.4. The van der Waals surface area contributed by atoms with Gasteiger partial charge < -0.3 is 24.6 Å². The molecule has 1 spiro atoms. The van der Waals surface area contributed by atoms with Gasteiger partial charge in [0.25, 0.3) is 0 Å². The van der Waals surface area contributed by atoms with Gasteiger partial charge >= 0.3 is 0 Å². The highest BCUT2D eigenvalue weighted by atomic mass is 16.5. The summed E-state index contributed by atoms with van der Waals surface area (Å²) in [5.74, 6) is 2.63. The lowest BCUT2D eigenvalue weighted by Crippen LogP contribution is -2.41. The Morgan fingerprint density at radius 1 is 1.32 bits per heavy atom. The first-order valence-corrected chi connectivity index (χ1v) is 10.7. The molecule has 0 aliphatic carbocycles. The molecule has 1 aromatic rings. The Morgan fingerprint density at radius 2 is 2.21 bits per heavy atom. The molecular weight excluding hydrogens is 352 g/mol. The predicted molar refractivity (Wildman–Crippen MR) is 113 cm³/mol. The van der Waals surface area contributed by atoms with Gasteiger partial charge in [0.15, 0.2) is 5.96 Å². The number of benzene rings is 1. The summed E-state index contributed by atoms with van der Waals surface area (Å²) in [5, 5.41) is 3.52. The van der Waals surface area contributed by atoms with Gasteiger partial charge in [-0.05, 0) is 44.2 Å². The molecule has 3 fully saturated rings. The monoisotopic (exact) mass is 386 g/mol. The van der Waals surface area contributed by atoms with Gasteiger partial charge in [-0.2, -0.15) is 0 Å². The fourth-order valence-electron chi connectivity index (χ4n) is 4.82. The van der Waals surface area contributed by atoms with Crippen LogP contribution in [0.4, 0.5) is 5.69 Å². The normalized spacial score (nSPS) is 27.8. The van der Waals surface area contributed by atoms with Crippen molar-refractivity contribution >= 4 is 11.6 Å². The third-order valence-electron chi connectivity index (χ3n) is 6.47. The van der Waals surface area contributed by atoms with Gasteiger partial charge in [-0.3, -0.25) is 4.99 Å². The fraction of sp³-hybridized carbons (Fsp3) is 0.682. The lowest BCUT2D eigenvalue weighted by atomic mass is 9.87. The predicted octanol–water partition coefficient (Wildman–Crippen LogP) is 2.60. The van der Waals surface area contributed by atoms with E-state index in [2.05, 4.69) is 34.2 Å². The van der Waals surface area contributed by atoms with E-state index in [1.165, 1.54) is 24.9 Å². The summed E-state index contributed by atoms with van der Waals surface area (Å²) >= 11 is 0. The average molecular weight is 387 g/mol. The van der Waals surface area contributed by atoms with Crippen LogP contribution in [0, 0.1) is 11.3 Å². The maximum absolute atomic E-state index is 5.68. The molecule has 1 N–H and O–H groups in total. The lowest BCUT2D eigenvalue weighted by Gasteiger charge is -2.25. The van der Waals surface area contributed by atoms with E-state index in [0.29, 0.717) is 11.3 Å².